The molecule has 6 rings (SSSR count). The van der Waals surface area contributed by atoms with Gasteiger partial charge in [-0.3, -0.25) is 0 Å². The molecule has 166 valence electrons. The highest BCUT2D eigenvalue weighted by atomic mass is 14.5. The maximum Gasteiger partial charge on any atom is 0.212 e. The first-order valence-corrected chi connectivity index (χ1v) is 12.9. The molecule has 0 saturated heterocycles. The maximum absolute atomic E-state index is 2.50. The van der Waals surface area contributed by atoms with Crippen LogP contribution in [0.3, 0.4) is 0 Å². The Morgan fingerprint density at radius 2 is 1.64 bits per heavy atom. The third-order valence-electron chi connectivity index (χ3n) is 8.99. The molecule has 3 aliphatic carbocycles. The third kappa shape index (κ3) is 2.54. The van der Waals surface area contributed by atoms with E-state index >= 15 is 0 Å². The standard InChI is InChI=1S/C32H35B/c1-19(2)24-18-28-31(22(24)6)33(20(3)4)29-17-10-9-15-26(29)32(28)25-14-8-7-13-23(25)30-21(5)12-11-16-27(30)32/h7-11,13-17,19-21H,12,18H2,1-6H3. The first kappa shape index (κ1) is 21.0. The summed E-state index contributed by atoms with van der Waals surface area (Å²) in [6, 6.07) is 18.8. The van der Waals surface area contributed by atoms with Crippen LogP contribution >= 0.6 is 0 Å². The molecule has 1 heteroatoms. The van der Waals surface area contributed by atoms with Crippen LogP contribution in [0.2, 0.25) is 5.82 Å². The van der Waals surface area contributed by atoms with E-state index < -0.39 is 0 Å². The van der Waals surface area contributed by atoms with Crippen molar-refractivity contribution in [3.63, 3.8) is 0 Å². The molecule has 0 aromatic heterocycles. The molecule has 0 nitrogen and oxygen atoms in total. The summed E-state index contributed by atoms with van der Waals surface area (Å²) >= 11 is 0. The Balaban J connectivity index is 1.78. The van der Waals surface area contributed by atoms with Crippen molar-refractivity contribution in [1.29, 1.82) is 0 Å². The quantitative estimate of drug-likeness (QED) is 0.429. The lowest BCUT2D eigenvalue weighted by atomic mass is 9.28. The van der Waals surface area contributed by atoms with Crippen molar-refractivity contribution in [2.24, 2.45) is 11.8 Å². The minimum Gasteiger partial charge on any atom is -0.0836 e. The van der Waals surface area contributed by atoms with E-state index in [1.165, 1.54) is 16.7 Å². The van der Waals surface area contributed by atoms with Crippen LogP contribution in [-0.2, 0) is 5.41 Å². The highest BCUT2D eigenvalue weighted by molar-refractivity contribution is 6.83. The Bertz CT molecular complexity index is 1300. The summed E-state index contributed by atoms with van der Waals surface area (Å²) in [5.41, 5.74) is 15.7. The van der Waals surface area contributed by atoms with Crippen molar-refractivity contribution in [3.8, 4) is 0 Å². The summed E-state index contributed by atoms with van der Waals surface area (Å²) in [5.74, 6) is 1.71. The van der Waals surface area contributed by atoms with Crippen LogP contribution in [0, 0.1) is 11.8 Å². The minimum atomic E-state index is -0.147. The molecule has 2 aromatic rings. The number of allylic oxidation sites excluding steroid dienone is 8. The summed E-state index contributed by atoms with van der Waals surface area (Å²) in [6.07, 6.45) is 7.19. The molecule has 1 aliphatic heterocycles. The average molecular weight is 430 g/mol. The van der Waals surface area contributed by atoms with Crippen LogP contribution in [0.1, 0.15) is 71.1 Å². The van der Waals surface area contributed by atoms with E-state index in [0.717, 1.165) is 12.8 Å². The zero-order chi connectivity index (χ0) is 23.1. The number of rotatable bonds is 2. The fourth-order valence-corrected chi connectivity index (χ4v) is 7.74. The van der Waals surface area contributed by atoms with Crippen LogP contribution in [0.4, 0.5) is 0 Å². The fourth-order valence-electron chi connectivity index (χ4n) is 7.74. The van der Waals surface area contributed by atoms with Crippen molar-refractivity contribution in [2.45, 2.75) is 65.6 Å². The topological polar surface area (TPSA) is 0 Å². The van der Waals surface area contributed by atoms with E-state index in [-0.39, 0.29) is 5.41 Å². The molecular weight excluding hydrogens is 395 g/mol. The highest BCUT2D eigenvalue weighted by Gasteiger charge is 2.56. The van der Waals surface area contributed by atoms with Gasteiger partial charge in [0.15, 0.2) is 0 Å². The van der Waals surface area contributed by atoms with Crippen molar-refractivity contribution < 1.29 is 0 Å². The largest absolute Gasteiger partial charge is 0.212 e. The second kappa shape index (κ2) is 7.23. The predicted octanol–water partition coefficient (Wildman–Crippen LogP) is 7.67. The summed E-state index contributed by atoms with van der Waals surface area (Å²) in [4.78, 5) is 0. The second-order valence-corrected chi connectivity index (χ2v) is 11.3. The zero-order valence-corrected chi connectivity index (χ0v) is 21.0. The SMILES string of the molecule is CC1=C(C(C)C)CC2=C1B(C(C)C)c1ccccc1C21C2=C(c3ccccc31)C(C)CC=C2. The van der Waals surface area contributed by atoms with Crippen LogP contribution in [0.5, 0.6) is 0 Å². The number of fused-ring (bicyclic) bond motifs is 7. The van der Waals surface area contributed by atoms with E-state index in [9.17, 15) is 0 Å². The van der Waals surface area contributed by atoms with Crippen LogP contribution < -0.4 is 5.46 Å². The van der Waals surface area contributed by atoms with Gasteiger partial charge in [-0.15, -0.1) is 0 Å². The molecule has 4 aliphatic rings. The molecule has 33 heavy (non-hydrogen) atoms. The molecule has 0 fully saturated rings. The zero-order valence-electron chi connectivity index (χ0n) is 21.0. The molecule has 1 heterocycles. The molecule has 0 bridgehead atoms. The monoisotopic (exact) mass is 430 g/mol. The van der Waals surface area contributed by atoms with Gasteiger partial charge in [-0.05, 0) is 59.4 Å². The number of hydrogen-bond acceptors (Lipinski definition) is 0. The lowest BCUT2D eigenvalue weighted by Gasteiger charge is -2.45. The average Bonchev–Trinajstić information content (AvgIpc) is 3.29. The summed E-state index contributed by atoms with van der Waals surface area (Å²) in [6.45, 7) is 14.9. The van der Waals surface area contributed by atoms with E-state index in [0.29, 0.717) is 24.4 Å². The Morgan fingerprint density at radius 1 is 0.939 bits per heavy atom. The van der Waals surface area contributed by atoms with Gasteiger partial charge >= 0.3 is 0 Å². The smallest absolute Gasteiger partial charge is 0.0836 e. The maximum atomic E-state index is 2.50. The normalized spacial score (nSPS) is 25.5. The molecule has 2 aromatic carbocycles. The molecule has 0 amide bonds. The van der Waals surface area contributed by atoms with Crippen molar-refractivity contribution in [2.75, 3.05) is 0 Å². The number of hydrogen-bond donors (Lipinski definition) is 0. The second-order valence-electron chi connectivity index (χ2n) is 11.3. The van der Waals surface area contributed by atoms with Gasteiger partial charge in [-0.2, -0.15) is 0 Å². The van der Waals surface area contributed by atoms with E-state index in [2.05, 4.69) is 102 Å². The Kier molecular flexibility index (Phi) is 4.61. The molecular formula is C32H35B. The summed E-state index contributed by atoms with van der Waals surface area (Å²) in [5, 5.41) is 0. The van der Waals surface area contributed by atoms with Gasteiger partial charge in [0, 0.05) is 0 Å². The van der Waals surface area contributed by atoms with Gasteiger partial charge < -0.3 is 0 Å². The minimum absolute atomic E-state index is 0.147. The lowest BCUT2D eigenvalue weighted by Crippen LogP contribution is -2.49. The third-order valence-corrected chi connectivity index (χ3v) is 8.99. The Hall–Kier alpha value is -2.54. The Morgan fingerprint density at radius 3 is 2.36 bits per heavy atom. The van der Waals surface area contributed by atoms with Crippen molar-refractivity contribution in [1.82, 2.24) is 0 Å². The van der Waals surface area contributed by atoms with Crippen LogP contribution in [-0.4, -0.2) is 6.71 Å². The van der Waals surface area contributed by atoms with Gasteiger partial charge in [0.1, 0.15) is 0 Å². The van der Waals surface area contributed by atoms with Gasteiger partial charge in [0.25, 0.3) is 0 Å². The molecule has 0 saturated carbocycles. The van der Waals surface area contributed by atoms with Crippen molar-refractivity contribution >= 4 is 17.7 Å². The molecule has 2 unspecified atom stereocenters. The molecule has 0 N–H and O–H groups in total. The molecule has 2 atom stereocenters. The summed E-state index contributed by atoms with van der Waals surface area (Å²) < 4.78 is 0. The van der Waals surface area contributed by atoms with Gasteiger partial charge in [-0.25, -0.2) is 0 Å². The van der Waals surface area contributed by atoms with E-state index in [1.807, 2.05) is 0 Å². The van der Waals surface area contributed by atoms with Gasteiger partial charge in [0.2, 0.25) is 6.71 Å². The first-order valence-electron chi connectivity index (χ1n) is 12.9. The van der Waals surface area contributed by atoms with Crippen LogP contribution in [0.15, 0.2) is 88.4 Å². The summed E-state index contributed by atoms with van der Waals surface area (Å²) in [7, 11) is 0. The lowest BCUT2D eigenvalue weighted by molar-refractivity contribution is 0.671. The van der Waals surface area contributed by atoms with E-state index in [1.54, 1.807) is 38.8 Å². The van der Waals surface area contributed by atoms with Crippen molar-refractivity contribution in [3.05, 3.63) is 105 Å². The molecule has 0 radical (unpaired) electrons. The first-order chi connectivity index (χ1) is 15.9. The fraction of sp³-hybridized carbons (Fsp3) is 0.375. The predicted molar refractivity (Wildman–Crippen MR) is 143 cm³/mol. The highest BCUT2D eigenvalue weighted by Crippen LogP contribution is 2.63. The van der Waals surface area contributed by atoms with E-state index in [4.69, 9.17) is 0 Å². The Labute approximate surface area is 200 Å². The van der Waals surface area contributed by atoms with Gasteiger partial charge in [-0.1, -0.05) is 129 Å². The molecule has 1 spiro atoms. The van der Waals surface area contributed by atoms with Crippen LogP contribution in [0.25, 0.3) is 5.57 Å². The number of benzene rings is 2. The van der Waals surface area contributed by atoms with Gasteiger partial charge in [0.05, 0.1) is 5.41 Å².